The Bertz CT molecular complexity index is 1620. The molecule has 1 aliphatic carbocycles. The van der Waals surface area contributed by atoms with E-state index in [-0.39, 0.29) is 24.9 Å². The molecule has 2 amide bonds. The van der Waals surface area contributed by atoms with Gasteiger partial charge in [0, 0.05) is 36.0 Å². The first-order valence-electron chi connectivity index (χ1n) is 14.9. The van der Waals surface area contributed by atoms with Gasteiger partial charge < -0.3 is 24.7 Å². The van der Waals surface area contributed by atoms with Gasteiger partial charge in [0.15, 0.2) is 0 Å². The number of esters is 1. The second kappa shape index (κ2) is 11.6. The monoisotopic (exact) mass is 579 g/mol. The lowest BCUT2D eigenvalue weighted by Gasteiger charge is -2.30. The average Bonchev–Trinajstić information content (AvgIpc) is 3.71. The summed E-state index contributed by atoms with van der Waals surface area (Å²) < 4.78 is 11.4. The average molecular weight is 580 g/mol. The van der Waals surface area contributed by atoms with Crippen LogP contribution in [-0.2, 0) is 25.5 Å². The molecule has 1 aromatic heterocycles. The van der Waals surface area contributed by atoms with Crippen LogP contribution >= 0.6 is 0 Å². The van der Waals surface area contributed by atoms with Crippen molar-refractivity contribution in [2.75, 3.05) is 13.2 Å². The van der Waals surface area contributed by atoms with Gasteiger partial charge in [-0.2, -0.15) is 0 Å². The minimum Gasteiger partial charge on any atom is -0.458 e. The Morgan fingerprint density at radius 1 is 0.953 bits per heavy atom. The van der Waals surface area contributed by atoms with Crippen LogP contribution in [0.1, 0.15) is 56.2 Å². The number of alkyl carbamates (subject to hydrolysis) is 1. The van der Waals surface area contributed by atoms with Crippen LogP contribution in [0.5, 0.6) is 0 Å². The number of aromatic nitrogens is 1. The molecule has 2 aliphatic rings. The number of nitrogens with zero attached hydrogens (tertiary/aromatic N) is 1. The van der Waals surface area contributed by atoms with Gasteiger partial charge in [-0.1, -0.05) is 66.7 Å². The van der Waals surface area contributed by atoms with Crippen LogP contribution in [0.25, 0.3) is 22.0 Å². The number of benzene rings is 3. The molecule has 4 aromatic rings. The van der Waals surface area contributed by atoms with Gasteiger partial charge in [0.1, 0.15) is 24.3 Å². The first-order chi connectivity index (χ1) is 20.7. The van der Waals surface area contributed by atoms with Crippen molar-refractivity contribution in [1.29, 1.82) is 0 Å². The van der Waals surface area contributed by atoms with E-state index in [4.69, 9.17) is 9.47 Å². The number of amides is 2. The van der Waals surface area contributed by atoms with Crippen molar-refractivity contribution in [2.45, 2.75) is 63.6 Å². The number of rotatable bonds is 7. The maximum atomic E-state index is 14.0. The zero-order valence-corrected chi connectivity index (χ0v) is 24.8. The van der Waals surface area contributed by atoms with Crippen molar-refractivity contribution >= 4 is 28.9 Å². The van der Waals surface area contributed by atoms with E-state index in [0.29, 0.717) is 19.4 Å². The summed E-state index contributed by atoms with van der Waals surface area (Å²) in [5.41, 5.74) is 5.67. The molecule has 1 fully saturated rings. The molecule has 8 heteroatoms. The number of nitrogens with one attached hydrogen (secondary N) is 2. The molecular formula is C35H37N3O5. The van der Waals surface area contributed by atoms with Crippen LogP contribution < -0.4 is 5.32 Å². The molecule has 1 saturated heterocycles. The van der Waals surface area contributed by atoms with Crippen LogP contribution in [0.2, 0.25) is 0 Å². The number of fused-ring (bicyclic) bond motifs is 4. The zero-order valence-electron chi connectivity index (χ0n) is 24.8. The van der Waals surface area contributed by atoms with E-state index < -0.39 is 29.7 Å². The third-order valence-corrected chi connectivity index (χ3v) is 8.25. The minimum atomic E-state index is -0.933. The quantitative estimate of drug-likeness (QED) is 0.264. The fourth-order valence-electron chi connectivity index (χ4n) is 6.35. The number of hydrogen-bond donors (Lipinski definition) is 2. The smallest absolute Gasteiger partial charge is 0.407 e. The Balaban J connectivity index is 1.22. The third kappa shape index (κ3) is 5.87. The summed E-state index contributed by atoms with van der Waals surface area (Å²) in [6.45, 7) is 5.98. The Labute approximate surface area is 251 Å². The van der Waals surface area contributed by atoms with Gasteiger partial charge in [-0.3, -0.25) is 4.79 Å². The Hall–Kier alpha value is -4.59. The molecule has 2 heterocycles. The first kappa shape index (κ1) is 28.5. The molecule has 1 aliphatic heterocycles. The van der Waals surface area contributed by atoms with E-state index in [2.05, 4.69) is 34.6 Å². The predicted molar refractivity (Wildman–Crippen MR) is 165 cm³/mol. The molecule has 2 N–H and O–H groups in total. The summed E-state index contributed by atoms with van der Waals surface area (Å²) in [5.74, 6) is -0.853. The minimum absolute atomic E-state index is 0.101. The fraction of sp³-hybridized carbons (Fsp3) is 0.343. The second-order valence-corrected chi connectivity index (χ2v) is 12.3. The maximum Gasteiger partial charge on any atom is 0.407 e. The van der Waals surface area contributed by atoms with Gasteiger partial charge in [0.25, 0.3) is 0 Å². The van der Waals surface area contributed by atoms with E-state index >= 15 is 0 Å². The number of para-hydroxylation sites is 1. The highest BCUT2D eigenvalue weighted by molar-refractivity contribution is 5.92. The van der Waals surface area contributed by atoms with Crippen LogP contribution in [0.15, 0.2) is 79.0 Å². The largest absolute Gasteiger partial charge is 0.458 e. The molecule has 43 heavy (non-hydrogen) atoms. The number of hydrogen-bond acceptors (Lipinski definition) is 5. The predicted octanol–water partition coefficient (Wildman–Crippen LogP) is 5.95. The van der Waals surface area contributed by atoms with Crippen molar-refractivity contribution in [3.8, 4) is 11.1 Å². The van der Waals surface area contributed by atoms with Crippen molar-refractivity contribution in [3.05, 3.63) is 95.7 Å². The van der Waals surface area contributed by atoms with Crippen LogP contribution in [0, 0.1) is 0 Å². The van der Waals surface area contributed by atoms with E-state index in [0.717, 1.165) is 38.7 Å². The topological polar surface area (TPSA) is 101 Å². The Kier molecular flexibility index (Phi) is 7.69. The van der Waals surface area contributed by atoms with Gasteiger partial charge in [-0.15, -0.1) is 0 Å². The summed E-state index contributed by atoms with van der Waals surface area (Å²) in [6.07, 6.45) is 2.63. The van der Waals surface area contributed by atoms with Gasteiger partial charge >= 0.3 is 12.1 Å². The molecule has 0 bridgehead atoms. The second-order valence-electron chi connectivity index (χ2n) is 12.3. The van der Waals surface area contributed by atoms with Gasteiger partial charge in [-0.25, -0.2) is 9.59 Å². The standard InChI is InChI=1S/C35H37N3O5/c1-35(2,3)43-33(40)31-17-10-18-38(31)32(39)30(19-22-20-36-29-16-9-8-11-23(22)29)37-34(41)42-21-28-26-14-6-4-12-24(26)25-13-5-7-15-27(25)28/h4-9,11-16,20,28,30-31,36H,10,17-19,21H2,1-3H3,(H,37,41)/t30-,31-/m0/s1. The molecule has 0 saturated carbocycles. The molecule has 2 atom stereocenters. The fourth-order valence-corrected chi connectivity index (χ4v) is 6.35. The molecule has 0 radical (unpaired) electrons. The third-order valence-electron chi connectivity index (χ3n) is 8.25. The lowest BCUT2D eigenvalue weighted by atomic mass is 9.98. The first-order valence-corrected chi connectivity index (χ1v) is 14.9. The van der Waals surface area contributed by atoms with Gasteiger partial charge in [0.05, 0.1) is 0 Å². The lowest BCUT2D eigenvalue weighted by molar-refractivity contribution is -0.163. The number of aromatic amines is 1. The molecular weight excluding hydrogens is 542 g/mol. The number of carbonyl (C=O) groups excluding carboxylic acids is 3. The number of H-pyrrole nitrogens is 1. The summed E-state index contributed by atoms with van der Waals surface area (Å²) in [4.78, 5) is 45.2. The van der Waals surface area contributed by atoms with E-state index in [1.54, 1.807) is 4.90 Å². The van der Waals surface area contributed by atoms with Crippen molar-refractivity contribution in [3.63, 3.8) is 0 Å². The maximum absolute atomic E-state index is 14.0. The summed E-state index contributed by atoms with van der Waals surface area (Å²) in [5, 5.41) is 3.83. The summed E-state index contributed by atoms with van der Waals surface area (Å²) in [6, 6.07) is 22.5. The van der Waals surface area contributed by atoms with E-state index in [9.17, 15) is 14.4 Å². The number of ether oxygens (including phenoxy) is 2. The summed E-state index contributed by atoms with van der Waals surface area (Å²) >= 11 is 0. The van der Waals surface area contributed by atoms with Gasteiger partial charge in [0.2, 0.25) is 5.91 Å². The molecule has 3 aromatic carbocycles. The van der Waals surface area contributed by atoms with Crippen molar-refractivity contribution < 1.29 is 23.9 Å². The molecule has 0 unspecified atom stereocenters. The lowest BCUT2D eigenvalue weighted by Crippen LogP contribution is -2.53. The van der Waals surface area contributed by atoms with Gasteiger partial charge in [-0.05, 0) is 67.5 Å². The highest BCUT2D eigenvalue weighted by Crippen LogP contribution is 2.44. The van der Waals surface area contributed by atoms with Crippen molar-refractivity contribution in [2.24, 2.45) is 0 Å². The highest BCUT2D eigenvalue weighted by atomic mass is 16.6. The normalized spacial score (nSPS) is 16.9. The SMILES string of the molecule is CC(C)(C)OC(=O)[C@@H]1CCCN1C(=O)[C@H](Cc1c[nH]c2ccccc12)NC(=O)OCC1c2ccccc2-c2ccccc21. The Morgan fingerprint density at radius 2 is 1.60 bits per heavy atom. The molecule has 8 nitrogen and oxygen atoms in total. The number of carbonyl (C=O) groups is 3. The molecule has 0 spiro atoms. The van der Waals surface area contributed by atoms with E-state index in [1.165, 1.54) is 0 Å². The van der Waals surface area contributed by atoms with Crippen molar-refractivity contribution in [1.82, 2.24) is 15.2 Å². The van der Waals surface area contributed by atoms with E-state index in [1.807, 2.05) is 75.5 Å². The highest BCUT2D eigenvalue weighted by Gasteiger charge is 2.40. The molecule has 222 valence electrons. The summed E-state index contributed by atoms with van der Waals surface area (Å²) in [7, 11) is 0. The van der Waals surface area contributed by atoms with Crippen LogP contribution in [-0.4, -0.2) is 58.7 Å². The number of likely N-dealkylation sites (tertiary alicyclic amines) is 1. The Morgan fingerprint density at radius 3 is 2.30 bits per heavy atom. The van der Waals surface area contributed by atoms with Crippen LogP contribution in [0.4, 0.5) is 4.79 Å². The zero-order chi connectivity index (χ0) is 30.1. The molecule has 6 rings (SSSR count). The van der Waals surface area contributed by atoms with Crippen LogP contribution in [0.3, 0.4) is 0 Å².